The molecule has 0 aliphatic carbocycles. The summed E-state index contributed by atoms with van der Waals surface area (Å²) in [7, 11) is 0. The van der Waals surface area contributed by atoms with E-state index in [9.17, 15) is 4.39 Å². The Morgan fingerprint density at radius 1 is 1.25 bits per heavy atom. The first kappa shape index (κ1) is 11.1. The minimum Gasteiger partial charge on any atom is -0.344 e. The van der Waals surface area contributed by atoms with Crippen LogP contribution in [0.25, 0.3) is 10.9 Å². The quantitative estimate of drug-likeness (QED) is 0.838. The normalized spacial score (nSPS) is 11.2. The fourth-order valence-electron chi connectivity index (χ4n) is 2.07. The topological polar surface area (TPSA) is 17.0 Å². The van der Waals surface area contributed by atoms with Crippen LogP contribution in [0.1, 0.15) is 19.5 Å². The van der Waals surface area contributed by atoms with Gasteiger partial charge in [0.25, 0.3) is 0 Å². The Kier molecular flexibility index (Phi) is 3.25. The predicted octanol–water partition coefficient (Wildman–Crippen LogP) is 2.91. The Morgan fingerprint density at radius 3 is 2.75 bits per heavy atom. The monoisotopic (exact) mass is 220 g/mol. The predicted molar refractivity (Wildman–Crippen MR) is 65.0 cm³/mol. The van der Waals surface area contributed by atoms with Crippen molar-refractivity contribution in [1.29, 1.82) is 0 Å². The third-order valence-electron chi connectivity index (χ3n) is 2.82. The number of halogens is 1. The van der Waals surface area contributed by atoms with Gasteiger partial charge in [-0.1, -0.05) is 6.92 Å². The molecule has 1 heterocycles. The summed E-state index contributed by atoms with van der Waals surface area (Å²) in [6.45, 7) is 6.88. The van der Waals surface area contributed by atoms with Crippen LogP contribution in [0, 0.1) is 5.82 Å². The van der Waals surface area contributed by atoms with E-state index in [1.54, 1.807) is 6.07 Å². The van der Waals surface area contributed by atoms with Crippen LogP contribution in [0.5, 0.6) is 0 Å². The summed E-state index contributed by atoms with van der Waals surface area (Å²) in [5.74, 6) is -0.171. The second-order valence-corrected chi connectivity index (χ2v) is 3.86. The Hall–Kier alpha value is -1.35. The van der Waals surface area contributed by atoms with E-state index in [-0.39, 0.29) is 5.82 Å². The average molecular weight is 220 g/mol. The van der Waals surface area contributed by atoms with E-state index in [2.05, 4.69) is 29.8 Å². The zero-order chi connectivity index (χ0) is 11.5. The van der Waals surface area contributed by atoms with E-state index in [1.807, 2.05) is 6.07 Å². The fourth-order valence-corrected chi connectivity index (χ4v) is 2.07. The van der Waals surface area contributed by atoms with Crippen LogP contribution in [0.4, 0.5) is 4.39 Å². The van der Waals surface area contributed by atoms with E-state index in [0.29, 0.717) is 0 Å². The first-order valence-corrected chi connectivity index (χ1v) is 5.74. The lowest BCUT2D eigenvalue weighted by molar-refractivity contribution is 0.629. The number of rotatable bonds is 4. The molecule has 86 valence electrons. The molecule has 1 aromatic heterocycles. The summed E-state index contributed by atoms with van der Waals surface area (Å²) in [4.78, 5) is 0. The lowest BCUT2D eigenvalue weighted by Gasteiger charge is -2.07. The molecule has 0 atom stereocenters. The molecule has 0 spiro atoms. The number of benzene rings is 1. The van der Waals surface area contributed by atoms with Gasteiger partial charge in [-0.25, -0.2) is 4.39 Å². The second kappa shape index (κ2) is 4.66. The highest BCUT2D eigenvalue weighted by Gasteiger charge is 2.07. The zero-order valence-electron chi connectivity index (χ0n) is 9.76. The maximum Gasteiger partial charge on any atom is 0.123 e. The van der Waals surface area contributed by atoms with Crippen molar-refractivity contribution in [2.24, 2.45) is 0 Å². The summed E-state index contributed by atoms with van der Waals surface area (Å²) < 4.78 is 15.3. The Balaban J connectivity index is 2.48. The van der Waals surface area contributed by atoms with E-state index >= 15 is 0 Å². The van der Waals surface area contributed by atoms with Gasteiger partial charge in [-0.2, -0.15) is 0 Å². The molecule has 0 bridgehead atoms. The van der Waals surface area contributed by atoms with Gasteiger partial charge in [0, 0.05) is 29.7 Å². The Morgan fingerprint density at radius 2 is 2.06 bits per heavy atom. The lowest BCUT2D eigenvalue weighted by Crippen LogP contribution is -2.14. The molecule has 2 rings (SSSR count). The standard InChI is InChI=1S/C13H17FN2/c1-3-15-9-12-8-10-7-11(14)5-6-13(10)16(12)4-2/h5-8,15H,3-4,9H2,1-2H3. The van der Waals surface area contributed by atoms with Crippen LogP contribution in [-0.2, 0) is 13.1 Å². The largest absolute Gasteiger partial charge is 0.344 e. The van der Waals surface area contributed by atoms with Crippen LogP contribution in [0.3, 0.4) is 0 Å². The van der Waals surface area contributed by atoms with Gasteiger partial charge in [-0.05, 0) is 37.7 Å². The molecule has 16 heavy (non-hydrogen) atoms. The fraction of sp³-hybridized carbons (Fsp3) is 0.385. The van der Waals surface area contributed by atoms with Crippen molar-refractivity contribution < 1.29 is 4.39 Å². The number of aromatic nitrogens is 1. The van der Waals surface area contributed by atoms with E-state index < -0.39 is 0 Å². The SMILES string of the molecule is CCNCc1cc2cc(F)ccc2n1CC. The smallest absolute Gasteiger partial charge is 0.123 e. The van der Waals surface area contributed by atoms with Crippen molar-refractivity contribution in [2.75, 3.05) is 6.54 Å². The maximum atomic E-state index is 13.1. The molecule has 0 unspecified atom stereocenters. The highest BCUT2D eigenvalue weighted by molar-refractivity contribution is 5.81. The molecular weight excluding hydrogens is 203 g/mol. The molecule has 1 aromatic carbocycles. The van der Waals surface area contributed by atoms with E-state index in [4.69, 9.17) is 0 Å². The summed E-state index contributed by atoms with van der Waals surface area (Å²) in [6.07, 6.45) is 0. The second-order valence-electron chi connectivity index (χ2n) is 3.86. The van der Waals surface area contributed by atoms with Crippen molar-refractivity contribution in [2.45, 2.75) is 26.9 Å². The van der Waals surface area contributed by atoms with Gasteiger partial charge in [-0.15, -0.1) is 0 Å². The molecule has 0 amide bonds. The molecule has 2 aromatic rings. The highest BCUT2D eigenvalue weighted by Crippen LogP contribution is 2.21. The van der Waals surface area contributed by atoms with Gasteiger partial charge in [-0.3, -0.25) is 0 Å². The van der Waals surface area contributed by atoms with Crippen LogP contribution in [-0.4, -0.2) is 11.1 Å². The van der Waals surface area contributed by atoms with E-state index in [1.165, 1.54) is 11.8 Å². The maximum absolute atomic E-state index is 13.1. The van der Waals surface area contributed by atoms with Gasteiger partial charge < -0.3 is 9.88 Å². The molecule has 1 N–H and O–H groups in total. The first-order chi connectivity index (χ1) is 7.76. The average Bonchev–Trinajstić information content (AvgIpc) is 2.62. The van der Waals surface area contributed by atoms with E-state index in [0.717, 1.165) is 30.5 Å². The molecule has 0 aliphatic rings. The molecule has 0 aliphatic heterocycles. The van der Waals surface area contributed by atoms with Gasteiger partial charge >= 0.3 is 0 Å². The number of aryl methyl sites for hydroxylation is 1. The third kappa shape index (κ3) is 1.95. The minimum atomic E-state index is -0.171. The van der Waals surface area contributed by atoms with Gasteiger partial charge in [0.15, 0.2) is 0 Å². The summed E-state index contributed by atoms with van der Waals surface area (Å²) in [5.41, 5.74) is 2.32. The molecule has 0 saturated heterocycles. The lowest BCUT2D eigenvalue weighted by atomic mass is 10.2. The Bertz CT molecular complexity index is 488. The van der Waals surface area contributed by atoms with Gasteiger partial charge in [0.05, 0.1) is 0 Å². The van der Waals surface area contributed by atoms with Crippen LogP contribution >= 0.6 is 0 Å². The third-order valence-corrected chi connectivity index (χ3v) is 2.82. The Labute approximate surface area is 95.1 Å². The number of nitrogens with zero attached hydrogens (tertiary/aromatic N) is 1. The minimum absolute atomic E-state index is 0.171. The number of hydrogen-bond donors (Lipinski definition) is 1. The van der Waals surface area contributed by atoms with Gasteiger partial charge in [0.2, 0.25) is 0 Å². The van der Waals surface area contributed by atoms with Crippen LogP contribution < -0.4 is 5.32 Å². The summed E-state index contributed by atoms with van der Waals surface area (Å²) in [6, 6.07) is 7.02. The molecular formula is C13H17FN2. The summed E-state index contributed by atoms with van der Waals surface area (Å²) in [5, 5.41) is 4.28. The molecule has 0 saturated carbocycles. The van der Waals surface area contributed by atoms with Gasteiger partial charge in [0.1, 0.15) is 5.82 Å². The molecule has 0 radical (unpaired) electrons. The molecule has 0 fully saturated rings. The summed E-state index contributed by atoms with van der Waals surface area (Å²) >= 11 is 0. The van der Waals surface area contributed by atoms with Crippen molar-refractivity contribution >= 4 is 10.9 Å². The first-order valence-electron chi connectivity index (χ1n) is 5.74. The molecule has 3 heteroatoms. The van der Waals surface area contributed by atoms with Crippen molar-refractivity contribution in [1.82, 2.24) is 9.88 Å². The number of fused-ring (bicyclic) bond motifs is 1. The number of hydrogen-bond acceptors (Lipinski definition) is 1. The highest BCUT2D eigenvalue weighted by atomic mass is 19.1. The van der Waals surface area contributed by atoms with Crippen molar-refractivity contribution in [3.8, 4) is 0 Å². The molecule has 2 nitrogen and oxygen atoms in total. The zero-order valence-corrected chi connectivity index (χ0v) is 9.76. The van der Waals surface area contributed by atoms with Crippen LogP contribution in [0.2, 0.25) is 0 Å². The van der Waals surface area contributed by atoms with Crippen LogP contribution in [0.15, 0.2) is 24.3 Å². The van der Waals surface area contributed by atoms with Crippen molar-refractivity contribution in [3.05, 3.63) is 35.8 Å². The van der Waals surface area contributed by atoms with Crippen molar-refractivity contribution in [3.63, 3.8) is 0 Å². The number of nitrogens with one attached hydrogen (secondary N) is 1.